The van der Waals surface area contributed by atoms with Crippen LogP contribution in [-0.4, -0.2) is 54.3 Å². The summed E-state index contributed by atoms with van der Waals surface area (Å²) in [6.45, 7) is 4.23. The molecule has 3 rings (SSSR count). The van der Waals surface area contributed by atoms with Crippen molar-refractivity contribution in [3.8, 4) is 0 Å². The third-order valence-electron chi connectivity index (χ3n) is 4.70. The first kappa shape index (κ1) is 15.7. The Hall–Kier alpha value is -1.18. The summed E-state index contributed by atoms with van der Waals surface area (Å²) in [6.07, 6.45) is 7.80. The molecule has 1 aliphatic heterocycles. The highest BCUT2D eigenvalue weighted by atomic mass is 32.1. The van der Waals surface area contributed by atoms with E-state index in [1.807, 2.05) is 5.38 Å². The number of carbonyl (C=O) groups is 1. The van der Waals surface area contributed by atoms with Crippen LogP contribution >= 0.6 is 11.3 Å². The number of aromatic nitrogens is 1. The number of hydrogen-bond acceptors (Lipinski definition) is 5. The molecule has 7 heteroatoms. The molecule has 2 heterocycles. The fourth-order valence-corrected chi connectivity index (χ4v) is 4.05. The molecule has 0 radical (unpaired) electrons. The van der Waals surface area contributed by atoms with Gasteiger partial charge >= 0.3 is 6.03 Å². The van der Waals surface area contributed by atoms with Gasteiger partial charge in [0.1, 0.15) is 0 Å². The number of carbonyl (C=O) groups excluding carboxylic acids is 1. The van der Waals surface area contributed by atoms with Crippen LogP contribution in [0.2, 0.25) is 0 Å². The van der Waals surface area contributed by atoms with Gasteiger partial charge in [-0.1, -0.05) is 19.3 Å². The second-order valence-corrected chi connectivity index (χ2v) is 6.92. The molecule has 0 unspecified atom stereocenters. The summed E-state index contributed by atoms with van der Waals surface area (Å²) in [4.78, 5) is 18.7. The van der Waals surface area contributed by atoms with Crippen molar-refractivity contribution in [3.63, 3.8) is 0 Å². The van der Waals surface area contributed by atoms with Gasteiger partial charge in [-0.3, -0.25) is 10.2 Å². The Balaban J connectivity index is 1.58. The fraction of sp³-hybridized carbons (Fsp3) is 0.733. The molecule has 122 valence electrons. The first-order valence-corrected chi connectivity index (χ1v) is 8.94. The quantitative estimate of drug-likeness (QED) is 0.892. The maximum Gasteiger partial charge on any atom is 0.321 e. The van der Waals surface area contributed by atoms with E-state index in [0.717, 1.165) is 39.1 Å². The second-order valence-electron chi connectivity index (χ2n) is 6.03. The lowest BCUT2D eigenvalue weighted by Crippen LogP contribution is -2.60. The molecule has 0 spiro atoms. The number of hydrogen-bond donors (Lipinski definition) is 2. The number of morpholine rings is 1. The number of anilines is 1. The van der Waals surface area contributed by atoms with Crippen molar-refractivity contribution >= 4 is 22.5 Å². The standard InChI is InChI=1S/C15H24N4O2S/c20-13(18-14-16-6-11-22-14)17-12-15(4-2-1-3-5-15)19-7-9-21-10-8-19/h6,11H,1-5,7-10,12H2,(H2,16,17,18,20). The van der Waals surface area contributed by atoms with Gasteiger partial charge in [-0.2, -0.15) is 0 Å². The van der Waals surface area contributed by atoms with Crippen molar-refractivity contribution in [1.82, 2.24) is 15.2 Å². The molecule has 2 amide bonds. The number of thiazole rings is 1. The van der Waals surface area contributed by atoms with Crippen molar-refractivity contribution in [2.75, 3.05) is 38.2 Å². The molecular weight excluding hydrogens is 300 g/mol. The summed E-state index contributed by atoms with van der Waals surface area (Å²) in [5, 5.41) is 8.35. The minimum atomic E-state index is -0.159. The van der Waals surface area contributed by atoms with Crippen LogP contribution in [0.3, 0.4) is 0 Å². The van der Waals surface area contributed by atoms with Gasteiger partial charge in [0.25, 0.3) is 0 Å². The zero-order valence-electron chi connectivity index (χ0n) is 12.8. The van der Waals surface area contributed by atoms with E-state index >= 15 is 0 Å². The van der Waals surface area contributed by atoms with Gasteiger partial charge in [0.05, 0.1) is 13.2 Å². The number of nitrogens with zero attached hydrogens (tertiary/aromatic N) is 2. The molecule has 1 aromatic rings. The Morgan fingerprint density at radius 2 is 2.09 bits per heavy atom. The molecule has 0 aromatic carbocycles. The predicted octanol–water partition coefficient (Wildman–Crippen LogP) is 2.30. The molecule has 22 heavy (non-hydrogen) atoms. The highest BCUT2D eigenvalue weighted by Crippen LogP contribution is 2.33. The second kappa shape index (κ2) is 7.39. The first-order valence-electron chi connectivity index (χ1n) is 8.06. The van der Waals surface area contributed by atoms with Crippen LogP contribution in [0.4, 0.5) is 9.93 Å². The lowest BCUT2D eigenvalue weighted by atomic mass is 9.80. The Morgan fingerprint density at radius 3 is 2.77 bits per heavy atom. The van der Waals surface area contributed by atoms with Crippen LogP contribution in [0, 0.1) is 0 Å². The van der Waals surface area contributed by atoms with E-state index in [2.05, 4.69) is 20.5 Å². The molecule has 1 aliphatic carbocycles. The van der Waals surface area contributed by atoms with Gasteiger partial charge in [-0.15, -0.1) is 11.3 Å². The molecular formula is C15H24N4O2S. The number of ether oxygens (including phenoxy) is 1. The largest absolute Gasteiger partial charge is 0.379 e. The number of nitrogens with one attached hydrogen (secondary N) is 2. The minimum absolute atomic E-state index is 0.0995. The topological polar surface area (TPSA) is 66.5 Å². The molecule has 1 saturated heterocycles. The predicted molar refractivity (Wildman–Crippen MR) is 87.3 cm³/mol. The smallest absolute Gasteiger partial charge is 0.321 e. The van der Waals surface area contributed by atoms with E-state index in [0.29, 0.717) is 11.7 Å². The van der Waals surface area contributed by atoms with Crippen LogP contribution in [0.1, 0.15) is 32.1 Å². The number of amides is 2. The Morgan fingerprint density at radius 1 is 1.32 bits per heavy atom. The Bertz CT molecular complexity index is 468. The van der Waals surface area contributed by atoms with Gasteiger partial charge in [-0.25, -0.2) is 9.78 Å². The SMILES string of the molecule is O=C(NCC1(N2CCOCC2)CCCCC1)Nc1nccs1. The summed E-state index contributed by atoms with van der Waals surface area (Å²) in [5.74, 6) is 0. The van der Waals surface area contributed by atoms with Gasteiger partial charge in [0.2, 0.25) is 0 Å². The van der Waals surface area contributed by atoms with Crippen LogP contribution in [0.15, 0.2) is 11.6 Å². The van der Waals surface area contributed by atoms with Gasteiger partial charge in [0.15, 0.2) is 5.13 Å². The highest BCUT2D eigenvalue weighted by molar-refractivity contribution is 7.13. The lowest BCUT2D eigenvalue weighted by molar-refractivity contribution is -0.0356. The monoisotopic (exact) mass is 324 g/mol. The van der Waals surface area contributed by atoms with E-state index in [1.54, 1.807) is 6.20 Å². The average Bonchev–Trinajstić information content (AvgIpc) is 3.08. The molecule has 2 fully saturated rings. The van der Waals surface area contributed by atoms with Crippen LogP contribution in [0.25, 0.3) is 0 Å². The van der Waals surface area contributed by atoms with Gasteiger partial charge < -0.3 is 10.1 Å². The normalized spacial score (nSPS) is 22.2. The minimum Gasteiger partial charge on any atom is -0.379 e. The summed E-state index contributed by atoms with van der Waals surface area (Å²) >= 11 is 1.43. The molecule has 1 aromatic heterocycles. The molecule has 6 nitrogen and oxygen atoms in total. The average molecular weight is 324 g/mol. The van der Waals surface area contributed by atoms with Crippen LogP contribution < -0.4 is 10.6 Å². The van der Waals surface area contributed by atoms with Crippen molar-refractivity contribution in [2.45, 2.75) is 37.6 Å². The fourth-order valence-electron chi connectivity index (χ4n) is 3.52. The van der Waals surface area contributed by atoms with Gasteiger partial charge in [-0.05, 0) is 12.8 Å². The Labute approximate surface area is 135 Å². The van der Waals surface area contributed by atoms with Crippen molar-refractivity contribution in [1.29, 1.82) is 0 Å². The molecule has 2 aliphatic rings. The van der Waals surface area contributed by atoms with Crippen molar-refractivity contribution in [3.05, 3.63) is 11.6 Å². The van der Waals surface area contributed by atoms with Gasteiger partial charge in [0, 0.05) is 36.8 Å². The van der Waals surface area contributed by atoms with Crippen molar-refractivity contribution in [2.24, 2.45) is 0 Å². The Kier molecular flexibility index (Phi) is 5.28. The van der Waals surface area contributed by atoms with E-state index in [1.165, 1.54) is 30.6 Å². The molecule has 0 atom stereocenters. The maximum atomic E-state index is 12.1. The zero-order chi connectivity index (χ0) is 15.3. The number of rotatable bonds is 4. The summed E-state index contributed by atoms with van der Waals surface area (Å²) in [7, 11) is 0. The summed E-state index contributed by atoms with van der Waals surface area (Å²) in [5.41, 5.74) is 0.0995. The van der Waals surface area contributed by atoms with E-state index < -0.39 is 0 Å². The summed E-state index contributed by atoms with van der Waals surface area (Å²) < 4.78 is 5.48. The third-order valence-corrected chi connectivity index (χ3v) is 5.39. The van der Waals surface area contributed by atoms with Crippen LogP contribution in [0.5, 0.6) is 0 Å². The van der Waals surface area contributed by atoms with Crippen LogP contribution in [-0.2, 0) is 4.74 Å². The van der Waals surface area contributed by atoms with Crippen molar-refractivity contribution < 1.29 is 9.53 Å². The summed E-state index contributed by atoms with van der Waals surface area (Å²) in [6, 6.07) is -0.159. The number of urea groups is 1. The molecule has 1 saturated carbocycles. The molecule has 2 N–H and O–H groups in total. The first-order chi connectivity index (χ1) is 10.8. The van der Waals surface area contributed by atoms with E-state index in [-0.39, 0.29) is 11.6 Å². The van der Waals surface area contributed by atoms with E-state index in [4.69, 9.17) is 4.74 Å². The third kappa shape index (κ3) is 3.77. The lowest BCUT2D eigenvalue weighted by Gasteiger charge is -2.48. The maximum absolute atomic E-state index is 12.1. The molecule has 0 bridgehead atoms. The zero-order valence-corrected chi connectivity index (χ0v) is 13.7. The highest BCUT2D eigenvalue weighted by Gasteiger charge is 2.38. The van der Waals surface area contributed by atoms with E-state index in [9.17, 15) is 4.79 Å².